The summed E-state index contributed by atoms with van der Waals surface area (Å²) in [6, 6.07) is 3.92. The predicted octanol–water partition coefficient (Wildman–Crippen LogP) is 1.97. The smallest absolute Gasteiger partial charge is 0.306 e. The topological polar surface area (TPSA) is 42.7 Å². The predicted molar refractivity (Wildman–Crippen MR) is 61.0 cm³/mol. The van der Waals surface area contributed by atoms with Gasteiger partial charge in [0.25, 0.3) is 0 Å². The van der Waals surface area contributed by atoms with E-state index in [4.69, 9.17) is 4.42 Å². The number of methoxy groups -OCH3 is 1. The Morgan fingerprint density at radius 3 is 2.75 bits per heavy atom. The molecular weight excluding hydrogens is 206 g/mol. The summed E-state index contributed by atoms with van der Waals surface area (Å²) >= 11 is 0. The maximum Gasteiger partial charge on any atom is 0.306 e. The Kier molecular flexibility index (Phi) is 5.05. The van der Waals surface area contributed by atoms with Crippen LogP contribution >= 0.6 is 0 Å². The maximum atomic E-state index is 11.0. The van der Waals surface area contributed by atoms with Gasteiger partial charge < -0.3 is 9.15 Å². The van der Waals surface area contributed by atoms with Crippen molar-refractivity contribution in [2.45, 2.75) is 26.8 Å². The minimum atomic E-state index is -0.172. The van der Waals surface area contributed by atoms with Crippen LogP contribution in [0.4, 0.5) is 0 Å². The molecule has 16 heavy (non-hydrogen) atoms. The van der Waals surface area contributed by atoms with Crippen molar-refractivity contribution < 1.29 is 13.9 Å². The van der Waals surface area contributed by atoms with Gasteiger partial charge >= 0.3 is 5.97 Å². The van der Waals surface area contributed by atoms with E-state index in [2.05, 4.69) is 16.6 Å². The summed E-state index contributed by atoms with van der Waals surface area (Å²) < 4.78 is 10.1. The third-order valence-electron chi connectivity index (χ3n) is 2.48. The molecule has 4 heteroatoms. The Hall–Kier alpha value is -1.29. The number of esters is 1. The molecule has 1 aromatic rings. The normalized spacial score (nSPS) is 10.8. The second kappa shape index (κ2) is 6.33. The zero-order valence-corrected chi connectivity index (χ0v) is 10.2. The van der Waals surface area contributed by atoms with E-state index in [1.54, 1.807) is 0 Å². The summed E-state index contributed by atoms with van der Waals surface area (Å²) in [4.78, 5) is 13.2. The van der Waals surface area contributed by atoms with Crippen molar-refractivity contribution in [2.75, 3.05) is 20.2 Å². The first kappa shape index (κ1) is 12.8. The largest absolute Gasteiger partial charge is 0.469 e. The van der Waals surface area contributed by atoms with E-state index >= 15 is 0 Å². The number of ether oxygens (including phenoxy) is 1. The molecule has 0 aromatic carbocycles. The Labute approximate surface area is 96.2 Å². The summed E-state index contributed by atoms with van der Waals surface area (Å²) in [5.74, 6) is 1.68. The third-order valence-corrected chi connectivity index (χ3v) is 2.48. The van der Waals surface area contributed by atoms with Gasteiger partial charge in [-0.1, -0.05) is 6.92 Å². The van der Waals surface area contributed by atoms with E-state index in [0.29, 0.717) is 13.0 Å². The number of carbonyl (C=O) groups excluding carboxylic acids is 1. The minimum Gasteiger partial charge on any atom is -0.469 e. The van der Waals surface area contributed by atoms with E-state index in [9.17, 15) is 4.79 Å². The fraction of sp³-hybridized carbons (Fsp3) is 0.583. The first-order valence-electron chi connectivity index (χ1n) is 5.50. The second-order valence-corrected chi connectivity index (χ2v) is 3.71. The summed E-state index contributed by atoms with van der Waals surface area (Å²) in [5, 5.41) is 0. The monoisotopic (exact) mass is 225 g/mol. The summed E-state index contributed by atoms with van der Waals surface area (Å²) in [6.45, 7) is 6.31. The van der Waals surface area contributed by atoms with Gasteiger partial charge in [0.2, 0.25) is 0 Å². The summed E-state index contributed by atoms with van der Waals surface area (Å²) in [7, 11) is 1.41. The highest BCUT2D eigenvalue weighted by Crippen LogP contribution is 2.09. The number of aryl methyl sites for hydroxylation is 1. The van der Waals surface area contributed by atoms with Crippen LogP contribution in [0.5, 0.6) is 0 Å². The van der Waals surface area contributed by atoms with E-state index < -0.39 is 0 Å². The van der Waals surface area contributed by atoms with Crippen LogP contribution in [0.2, 0.25) is 0 Å². The molecule has 0 radical (unpaired) electrons. The lowest BCUT2D eigenvalue weighted by Gasteiger charge is -2.18. The van der Waals surface area contributed by atoms with Crippen molar-refractivity contribution in [2.24, 2.45) is 0 Å². The lowest BCUT2D eigenvalue weighted by atomic mass is 10.3. The van der Waals surface area contributed by atoms with Crippen molar-refractivity contribution in [3.05, 3.63) is 23.7 Å². The van der Waals surface area contributed by atoms with Crippen molar-refractivity contribution in [1.29, 1.82) is 0 Å². The lowest BCUT2D eigenvalue weighted by molar-refractivity contribution is -0.141. The summed E-state index contributed by atoms with van der Waals surface area (Å²) in [5.41, 5.74) is 0. The van der Waals surface area contributed by atoms with E-state index in [-0.39, 0.29) is 5.97 Å². The SMILES string of the molecule is CCN(CCC(=O)OC)Cc1ccc(C)o1. The average Bonchev–Trinajstić information content (AvgIpc) is 2.69. The molecule has 4 nitrogen and oxygen atoms in total. The van der Waals surface area contributed by atoms with Crippen LogP contribution in [0, 0.1) is 6.92 Å². The van der Waals surface area contributed by atoms with Crippen LogP contribution in [-0.2, 0) is 16.1 Å². The Morgan fingerprint density at radius 1 is 1.50 bits per heavy atom. The van der Waals surface area contributed by atoms with Crippen LogP contribution in [0.25, 0.3) is 0 Å². The van der Waals surface area contributed by atoms with Gasteiger partial charge in [-0.05, 0) is 25.6 Å². The molecule has 0 aliphatic heterocycles. The van der Waals surface area contributed by atoms with Crippen LogP contribution in [-0.4, -0.2) is 31.1 Å². The van der Waals surface area contributed by atoms with Crippen LogP contribution in [0.3, 0.4) is 0 Å². The van der Waals surface area contributed by atoms with Gasteiger partial charge in [-0.15, -0.1) is 0 Å². The fourth-order valence-corrected chi connectivity index (χ4v) is 1.49. The zero-order valence-electron chi connectivity index (χ0n) is 10.2. The Bertz CT molecular complexity index is 333. The van der Waals surface area contributed by atoms with Crippen molar-refractivity contribution >= 4 is 5.97 Å². The van der Waals surface area contributed by atoms with Gasteiger partial charge in [-0.2, -0.15) is 0 Å². The highest BCUT2D eigenvalue weighted by Gasteiger charge is 2.09. The Morgan fingerprint density at radius 2 is 2.25 bits per heavy atom. The molecule has 1 rings (SSSR count). The maximum absolute atomic E-state index is 11.0. The van der Waals surface area contributed by atoms with Crippen LogP contribution in [0.1, 0.15) is 24.9 Å². The number of nitrogens with zero attached hydrogens (tertiary/aromatic N) is 1. The zero-order chi connectivity index (χ0) is 12.0. The molecule has 90 valence electrons. The first-order valence-corrected chi connectivity index (χ1v) is 5.50. The molecule has 0 atom stereocenters. The molecule has 1 aromatic heterocycles. The number of hydrogen-bond acceptors (Lipinski definition) is 4. The van der Waals surface area contributed by atoms with Gasteiger partial charge in [0.1, 0.15) is 11.5 Å². The molecule has 0 bridgehead atoms. The highest BCUT2D eigenvalue weighted by molar-refractivity contribution is 5.69. The molecule has 0 aliphatic rings. The van der Waals surface area contributed by atoms with E-state index in [0.717, 1.165) is 24.6 Å². The first-order chi connectivity index (χ1) is 7.65. The third kappa shape index (κ3) is 4.06. The molecular formula is C12H19NO3. The number of carbonyl (C=O) groups is 1. The van der Waals surface area contributed by atoms with Gasteiger partial charge in [0.05, 0.1) is 20.1 Å². The molecule has 0 amide bonds. The van der Waals surface area contributed by atoms with Gasteiger partial charge in [-0.3, -0.25) is 9.69 Å². The quantitative estimate of drug-likeness (QED) is 0.694. The molecule has 0 saturated heterocycles. The van der Waals surface area contributed by atoms with Gasteiger partial charge in [0, 0.05) is 6.54 Å². The van der Waals surface area contributed by atoms with E-state index in [1.807, 2.05) is 19.1 Å². The number of rotatable bonds is 6. The van der Waals surface area contributed by atoms with E-state index in [1.165, 1.54) is 7.11 Å². The Balaban J connectivity index is 2.40. The van der Waals surface area contributed by atoms with Crippen molar-refractivity contribution in [1.82, 2.24) is 4.90 Å². The highest BCUT2D eigenvalue weighted by atomic mass is 16.5. The lowest BCUT2D eigenvalue weighted by Crippen LogP contribution is -2.25. The molecule has 0 aliphatic carbocycles. The molecule has 0 saturated carbocycles. The number of hydrogen-bond donors (Lipinski definition) is 0. The van der Waals surface area contributed by atoms with Crippen molar-refractivity contribution in [3.63, 3.8) is 0 Å². The number of furan rings is 1. The molecule has 0 unspecified atom stereocenters. The molecule has 0 fully saturated rings. The van der Waals surface area contributed by atoms with Gasteiger partial charge in [-0.25, -0.2) is 0 Å². The van der Waals surface area contributed by atoms with Crippen molar-refractivity contribution in [3.8, 4) is 0 Å². The fourth-order valence-electron chi connectivity index (χ4n) is 1.49. The van der Waals surface area contributed by atoms with Gasteiger partial charge in [0.15, 0.2) is 0 Å². The minimum absolute atomic E-state index is 0.172. The molecule has 1 heterocycles. The molecule has 0 N–H and O–H groups in total. The summed E-state index contributed by atoms with van der Waals surface area (Å²) in [6.07, 6.45) is 0.421. The second-order valence-electron chi connectivity index (χ2n) is 3.71. The standard InChI is InChI=1S/C12H19NO3/c1-4-13(8-7-12(14)15-3)9-11-6-5-10(2)16-11/h5-6H,4,7-9H2,1-3H3. The average molecular weight is 225 g/mol. The van der Waals surface area contributed by atoms with Crippen LogP contribution < -0.4 is 0 Å². The van der Waals surface area contributed by atoms with Crippen LogP contribution in [0.15, 0.2) is 16.5 Å². The molecule has 0 spiro atoms.